The molecule has 0 spiro atoms. The van der Waals surface area contributed by atoms with E-state index in [1.165, 1.54) is 0 Å². The van der Waals surface area contributed by atoms with Crippen LogP contribution in [-0.4, -0.2) is 29.6 Å². The first-order chi connectivity index (χ1) is 5.11. The molecule has 0 saturated heterocycles. The molecule has 1 N–H and O–H groups in total. The molecule has 0 fully saturated rings. The van der Waals surface area contributed by atoms with Crippen LogP contribution in [0.2, 0.25) is 0 Å². The summed E-state index contributed by atoms with van der Waals surface area (Å²) in [7, 11) is 2.00. The number of hydrogen-bond acceptors (Lipinski definition) is 1. The zero-order valence-electron chi connectivity index (χ0n) is 7.85. The van der Waals surface area contributed by atoms with Crippen molar-refractivity contribution in [2.75, 3.05) is 13.6 Å². The van der Waals surface area contributed by atoms with Crippen molar-refractivity contribution < 1.29 is 0 Å². The Morgan fingerprint density at radius 3 is 2.45 bits per heavy atom. The van der Waals surface area contributed by atoms with Gasteiger partial charge in [0.05, 0.1) is 0 Å². The van der Waals surface area contributed by atoms with E-state index in [4.69, 9.17) is 12.2 Å². The summed E-state index contributed by atoms with van der Waals surface area (Å²) in [6, 6.07) is 0.483. The third-order valence-electron chi connectivity index (χ3n) is 1.80. The Morgan fingerprint density at radius 1 is 1.55 bits per heavy atom. The molecule has 0 rings (SSSR count). The van der Waals surface area contributed by atoms with Crippen LogP contribution in [0, 0.1) is 0 Å². The molecule has 0 heterocycles. The van der Waals surface area contributed by atoms with Crippen molar-refractivity contribution >= 4 is 17.3 Å². The molecule has 0 aliphatic heterocycles. The maximum atomic E-state index is 5.13. The van der Waals surface area contributed by atoms with E-state index < -0.39 is 0 Å². The summed E-state index contributed by atoms with van der Waals surface area (Å²) in [5.74, 6) is 0. The van der Waals surface area contributed by atoms with Gasteiger partial charge in [0.15, 0.2) is 5.11 Å². The summed E-state index contributed by atoms with van der Waals surface area (Å²) >= 11 is 5.13. The number of nitrogens with zero attached hydrogens (tertiary/aromatic N) is 1. The highest BCUT2D eigenvalue weighted by molar-refractivity contribution is 7.80. The summed E-state index contributed by atoms with van der Waals surface area (Å²) in [5.41, 5.74) is 0. The minimum absolute atomic E-state index is 0.483. The maximum absolute atomic E-state index is 5.13. The lowest BCUT2D eigenvalue weighted by Crippen LogP contribution is -2.41. The van der Waals surface area contributed by atoms with Crippen LogP contribution in [-0.2, 0) is 0 Å². The van der Waals surface area contributed by atoms with Gasteiger partial charge in [-0.1, -0.05) is 6.92 Å². The number of hydrogen-bond donors (Lipinski definition) is 1. The quantitative estimate of drug-likeness (QED) is 0.654. The molecular weight excluding hydrogens is 156 g/mol. The maximum Gasteiger partial charge on any atom is 0.168 e. The number of thiocarbonyl (C=S) groups is 1. The molecule has 1 atom stereocenters. The van der Waals surface area contributed by atoms with E-state index in [9.17, 15) is 0 Å². The first kappa shape index (κ1) is 10.7. The fourth-order valence-corrected chi connectivity index (χ4v) is 0.897. The lowest BCUT2D eigenvalue weighted by atomic mass is 10.3. The predicted molar refractivity (Wildman–Crippen MR) is 53.8 cm³/mol. The predicted octanol–water partition coefficient (Wildman–Crippen LogP) is 1.61. The minimum atomic E-state index is 0.483. The first-order valence-corrected chi connectivity index (χ1v) is 4.54. The molecule has 11 heavy (non-hydrogen) atoms. The van der Waals surface area contributed by atoms with E-state index in [1.54, 1.807) is 0 Å². The van der Waals surface area contributed by atoms with Gasteiger partial charge in [-0.15, -0.1) is 0 Å². The van der Waals surface area contributed by atoms with E-state index in [0.29, 0.717) is 6.04 Å². The van der Waals surface area contributed by atoms with Gasteiger partial charge in [-0.3, -0.25) is 0 Å². The fraction of sp³-hybridized carbons (Fsp3) is 0.875. The van der Waals surface area contributed by atoms with Crippen molar-refractivity contribution in [3.05, 3.63) is 0 Å². The van der Waals surface area contributed by atoms with Crippen molar-refractivity contribution in [2.24, 2.45) is 0 Å². The molecular formula is C8H18N2S. The van der Waals surface area contributed by atoms with Crippen LogP contribution in [0.1, 0.15) is 27.2 Å². The Kier molecular flexibility index (Phi) is 5.20. The molecule has 0 aromatic rings. The van der Waals surface area contributed by atoms with Crippen LogP contribution in [0.15, 0.2) is 0 Å². The average molecular weight is 174 g/mol. The molecule has 66 valence electrons. The van der Waals surface area contributed by atoms with Crippen LogP contribution >= 0.6 is 12.2 Å². The van der Waals surface area contributed by atoms with Gasteiger partial charge < -0.3 is 10.2 Å². The van der Waals surface area contributed by atoms with Gasteiger partial charge in [-0.25, -0.2) is 0 Å². The van der Waals surface area contributed by atoms with Gasteiger partial charge in [0, 0.05) is 19.6 Å². The molecule has 0 radical (unpaired) electrons. The molecule has 0 aliphatic carbocycles. The van der Waals surface area contributed by atoms with E-state index >= 15 is 0 Å². The van der Waals surface area contributed by atoms with E-state index in [-0.39, 0.29) is 0 Å². The fourth-order valence-electron chi connectivity index (χ4n) is 0.567. The normalized spacial score (nSPS) is 12.4. The summed E-state index contributed by atoms with van der Waals surface area (Å²) in [6.07, 6.45) is 1.11. The van der Waals surface area contributed by atoms with E-state index in [0.717, 1.165) is 18.1 Å². The number of rotatable bonds is 3. The van der Waals surface area contributed by atoms with Gasteiger partial charge in [0.25, 0.3) is 0 Å². The van der Waals surface area contributed by atoms with E-state index in [1.807, 2.05) is 11.9 Å². The molecule has 0 aromatic carbocycles. The molecule has 0 aromatic heterocycles. The highest BCUT2D eigenvalue weighted by Gasteiger charge is 2.03. The Labute approximate surface area is 75.0 Å². The molecule has 0 aliphatic rings. The summed E-state index contributed by atoms with van der Waals surface area (Å²) < 4.78 is 0. The van der Waals surface area contributed by atoms with Gasteiger partial charge in [0.2, 0.25) is 0 Å². The Balaban J connectivity index is 3.68. The molecule has 0 amide bonds. The number of nitrogens with one attached hydrogen (secondary N) is 1. The SMILES string of the molecule is CCC(C)NC(=S)N(C)CC. The monoisotopic (exact) mass is 174 g/mol. The van der Waals surface area contributed by atoms with Gasteiger partial charge in [-0.05, 0) is 32.5 Å². The molecule has 0 bridgehead atoms. The Hall–Kier alpha value is -0.310. The van der Waals surface area contributed by atoms with Crippen LogP contribution in [0.3, 0.4) is 0 Å². The van der Waals surface area contributed by atoms with Crippen molar-refractivity contribution in [2.45, 2.75) is 33.2 Å². The van der Waals surface area contributed by atoms with Crippen molar-refractivity contribution in [1.82, 2.24) is 10.2 Å². The highest BCUT2D eigenvalue weighted by Crippen LogP contribution is 1.91. The van der Waals surface area contributed by atoms with Crippen LogP contribution in [0.25, 0.3) is 0 Å². The second-order valence-corrected chi connectivity index (χ2v) is 3.16. The molecule has 3 heteroatoms. The Morgan fingerprint density at radius 2 is 2.09 bits per heavy atom. The zero-order chi connectivity index (χ0) is 8.85. The lowest BCUT2D eigenvalue weighted by molar-refractivity contribution is 0.501. The van der Waals surface area contributed by atoms with Crippen LogP contribution in [0.4, 0.5) is 0 Å². The lowest BCUT2D eigenvalue weighted by Gasteiger charge is -2.22. The second kappa shape index (κ2) is 5.35. The third kappa shape index (κ3) is 4.19. The van der Waals surface area contributed by atoms with Crippen LogP contribution < -0.4 is 5.32 Å². The third-order valence-corrected chi connectivity index (χ3v) is 2.23. The van der Waals surface area contributed by atoms with Crippen molar-refractivity contribution in [3.63, 3.8) is 0 Å². The largest absolute Gasteiger partial charge is 0.360 e. The Bertz CT molecular complexity index is 125. The topological polar surface area (TPSA) is 15.3 Å². The second-order valence-electron chi connectivity index (χ2n) is 2.77. The first-order valence-electron chi connectivity index (χ1n) is 4.13. The van der Waals surface area contributed by atoms with E-state index in [2.05, 4.69) is 26.1 Å². The smallest absolute Gasteiger partial charge is 0.168 e. The van der Waals surface area contributed by atoms with Crippen molar-refractivity contribution in [1.29, 1.82) is 0 Å². The van der Waals surface area contributed by atoms with Gasteiger partial charge >= 0.3 is 0 Å². The van der Waals surface area contributed by atoms with Crippen molar-refractivity contribution in [3.8, 4) is 0 Å². The van der Waals surface area contributed by atoms with Gasteiger partial charge in [-0.2, -0.15) is 0 Å². The summed E-state index contributed by atoms with van der Waals surface area (Å²) in [5, 5.41) is 4.09. The van der Waals surface area contributed by atoms with Gasteiger partial charge in [0.1, 0.15) is 0 Å². The minimum Gasteiger partial charge on any atom is -0.360 e. The average Bonchev–Trinajstić information content (AvgIpc) is 2.02. The van der Waals surface area contributed by atoms with Crippen LogP contribution in [0.5, 0.6) is 0 Å². The standard InChI is InChI=1S/C8H18N2S/c1-5-7(3)9-8(11)10(4)6-2/h7H,5-6H2,1-4H3,(H,9,11). The summed E-state index contributed by atoms with van der Waals surface area (Å²) in [4.78, 5) is 2.03. The zero-order valence-corrected chi connectivity index (χ0v) is 8.66. The molecule has 0 saturated carbocycles. The summed E-state index contributed by atoms with van der Waals surface area (Å²) in [6.45, 7) is 7.33. The molecule has 2 nitrogen and oxygen atoms in total. The highest BCUT2D eigenvalue weighted by atomic mass is 32.1. The molecule has 1 unspecified atom stereocenters.